The van der Waals surface area contributed by atoms with E-state index in [1.165, 1.54) is 21.3 Å². The fraction of sp³-hybridized carbons (Fsp3) is 0.500. The molecule has 1 aromatic rings. The molecular formula is C14H19BrO7. The molecule has 0 radical (unpaired) electrons. The monoisotopic (exact) mass is 378 g/mol. The van der Waals surface area contributed by atoms with Crippen molar-refractivity contribution >= 4 is 21.7 Å². The second-order valence-corrected chi connectivity index (χ2v) is 4.56. The second kappa shape index (κ2) is 10.4. The van der Waals surface area contributed by atoms with E-state index in [0.717, 1.165) is 0 Å². The summed E-state index contributed by atoms with van der Waals surface area (Å²) in [4.78, 5) is 12.2. The molecule has 0 aliphatic carbocycles. The molecule has 1 rings (SSSR count). The maximum absolute atomic E-state index is 12.2. The van der Waals surface area contributed by atoms with Gasteiger partial charge in [0.05, 0.1) is 5.33 Å². The molecule has 0 saturated carbocycles. The molecule has 0 unspecified atom stereocenters. The molecule has 0 aromatic heterocycles. The zero-order valence-corrected chi connectivity index (χ0v) is 14.3. The molecule has 8 heteroatoms. The number of rotatable bonds is 11. The molecule has 0 amide bonds. The molecule has 0 saturated heterocycles. The standard InChI is InChI=1S/C14H19BrO7/c1-17-7-20-10-4-12(21-8-18-2)14(11(16)6-15)13(5-10)22-9-19-3/h4-5H,6-9H2,1-3H3. The Balaban J connectivity index is 3.22. The first kappa shape index (κ1) is 18.7. The Morgan fingerprint density at radius 3 is 1.77 bits per heavy atom. The van der Waals surface area contributed by atoms with E-state index in [2.05, 4.69) is 15.9 Å². The molecule has 0 atom stereocenters. The number of Topliss-reactive ketones (excluding diaryl/α,β-unsaturated/α-hetero) is 1. The molecule has 22 heavy (non-hydrogen) atoms. The number of carbonyl (C=O) groups excluding carboxylic acids is 1. The van der Waals surface area contributed by atoms with E-state index in [0.29, 0.717) is 17.2 Å². The molecule has 0 heterocycles. The van der Waals surface area contributed by atoms with Crippen LogP contribution in [0.2, 0.25) is 0 Å². The number of benzene rings is 1. The third-order valence-electron chi connectivity index (χ3n) is 2.45. The number of hydrogen-bond donors (Lipinski definition) is 0. The molecule has 0 aliphatic heterocycles. The zero-order valence-electron chi connectivity index (χ0n) is 12.7. The first-order chi connectivity index (χ1) is 10.7. The highest BCUT2D eigenvalue weighted by Crippen LogP contribution is 2.35. The van der Waals surface area contributed by atoms with Crippen LogP contribution >= 0.6 is 15.9 Å². The summed E-state index contributed by atoms with van der Waals surface area (Å²) in [5.41, 5.74) is 0.288. The summed E-state index contributed by atoms with van der Waals surface area (Å²) in [6.07, 6.45) is 0. The summed E-state index contributed by atoms with van der Waals surface area (Å²) in [7, 11) is 4.48. The lowest BCUT2D eigenvalue weighted by molar-refractivity contribution is 0.0400. The lowest BCUT2D eigenvalue weighted by atomic mass is 10.1. The van der Waals surface area contributed by atoms with Crippen molar-refractivity contribution in [1.82, 2.24) is 0 Å². The van der Waals surface area contributed by atoms with Crippen LogP contribution in [0.1, 0.15) is 10.4 Å². The van der Waals surface area contributed by atoms with Crippen molar-refractivity contribution in [2.45, 2.75) is 0 Å². The van der Waals surface area contributed by atoms with Crippen LogP contribution in [0, 0.1) is 0 Å². The number of alkyl halides is 1. The predicted octanol–water partition coefficient (Wildman–Crippen LogP) is 2.21. The third kappa shape index (κ3) is 5.45. The van der Waals surface area contributed by atoms with Gasteiger partial charge in [-0.25, -0.2) is 0 Å². The largest absolute Gasteiger partial charge is 0.467 e. The van der Waals surface area contributed by atoms with Crippen molar-refractivity contribution in [3.8, 4) is 17.2 Å². The highest BCUT2D eigenvalue weighted by atomic mass is 79.9. The average molecular weight is 379 g/mol. The van der Waals surface area contributed by atoms with E-state index in [9.17, 15) is 4.79 Å². The van der Waals surface area contributed by atoms with Gasteiger partial charge in [-0.3, -0.25) is 4.79 Å². The van der Waals surface area contributed by atoms with Crippen molar-refractivity contribution in [2.75, 3.05) is 47.0 Å². The van der Waals surface area contributed by atoms with Crippen molar-refractivity contribution in [2.24, 2.45) is 0 Å². The number of halogens is 1. The quantitative estimate of drug-likeness (QED) is 0.332. The smallest absolute Gasteiger partial charge is 0.188 e. The molecule has 7 nitrogen and oxygen atoms in total. The van der Waals surface area contributed by atoms with Crippen molar-refractivity contribution in [3.05, 3.63) is 17.7 Å². The van der Waals surface area contributed by atoms with E-state index in [-0.39, 0.29) is 37.1 Å². The molecule has 0 aliphatic rings. The molecule has 0 N–H and O–H groups in total. The summed E-state index contributed by atoms with van der Waals surface area (Å²) < 4.78 is 30.9. The van der Waals surface area contributed by atoms with Crippen LogP contribution < -0.4 is 14.2 Å². The summed E-state index contributed by atoms with van der Waals surface area (Å²) in [6, 6.07) is 3.15. The predicted molar refractivity (Wildman–Crippen MR) is 82.1 cm³/mol. The van der Waals surface area contributed by atoms with Gasteiger partial charge in [0.1, 0.15) is 22.8 Å². The van der Waals surface area contributed by atoms with Gasteiger partial charge >= 0.3 is 0 Å². The minimum atomic E-state index is -0.199. The average Bonchev–Trinajstić information content (AvgIpc) is 2.55. The summed E-state index contributed by atoms with van der Waals surface area (Å²) >= 11 is 3.14. The Bertz CT molecular complexity index is 449. The number of carbonyl (C=O) groups is 1. The lowest BCUT2D eigenvalue weighted by Gasteiger charge is -2.16. The molecule has 0 spiro atoms. The first-order valence-electron chi connectivity index (χ1n) is 6.30. The lowest BCUT2D eigenvalue weighted by Crippen LogP contribution is -2.12. The van der Waals surface area contributed by atoms with Crippen molar-refractivity contribution < 1.29 is 33.2 Å². The third-order valence-corrected chi connectivity index (χ3v) is 2.96. The number of hydrogen-bond acceptors (Lipinski definition) is 7. The fourth-order valence-corrected chi connectivity index (χ4v) is 1.87. The van der Waals surface area contributed by atoms with Crippen LogP contribution in [-0.4, -0.2) is 52.8 Å². The second-order valence-electron chi connectivity index (χ2n) is 4.00. The van der Waals surface area contributed by atoms with E-state index >= 15 is 0 Å². The van der Waals surface area contributed by atoms with Gasteiger partial charge in [0.15, 0.2) is 26.2 Å². The highest BCUT2D eigenvalue weighted by Gasteiger charge is 2.20. The van der Waals surface area contributed by atoms with Gasteiger partial charge in [-0.05, 0) is 0 Å². The number of ether oxygens (including phenoxy) is 6. The first-order valence-corrected chi connectivity index (χ1v) is 7.42. The molecule has 1 aromatic carbocycles. The van der Waals surface area contributed by atoms with Gasteiger partial charge in [0.2, 0.25) is 0 Å². The van der Waals surface area contributed by atoms with E-state index in [4.69, 9.17) is 28.4 Å². The van der Waals surface area contributed by atoms with Gasteiger partial charge < -0.3 is 28.4 Å². The highest BCUT2D eigenvalue weighted by molar-refractivity contribution is 9.09. The van der Waals surface area contributed by atoms with Crippen LogP contribution in [0.15, 0.2) is 12.1 Å². The Kier molecular flexibility index (Phi) is 8.83. The van der Waals surface area contributed by atoms with E-state index in [1.54, 1.807) is 12.1 Å². The summed E-state index contributed by atoms with van der Waals surface area (Å²) in [6.45, 7) is 0.0270. The van der Waals surface area contributed by atoms with Crippen molar-refractivity contribution in [3.63, 3.8) is 0 Å². The van der Waals surface area contributed by atoms with Gasteiger partial charge in [-0.2, -0.15) is 0 Å². The van der Waals surface area contributed by atoms with E-state index < -0.39 is 0 Å². The zero-order chi connectivity index (χ0) is 16.4. The number of ketones is 1. The van der Waals surface area contributed by atoms with Crippen molar-refractivity contribution in [1.29, 1.82) is 0 Å². The SMILES string of the molecule is COCOc1cc(OCOC)c(C(=O)CBr)c(OCOC)c1. The molecule has 0 fully saturated rings. The number of methoxy groups -OCH3 is 3. The Hall–Kier alpha value is -1.35. The Labute approximate surface area is 137 Å². The van der Waals surface area contributed by atoms with Crippen LogP contribution in [-0.2, 0) is 14.2 Å². The molecule has 0 bridgehead atoms. The summed E-state index contributed by atoms with van der Waals surface area (Å²) in [5.74, 6) is 0.831. The minimum absolute atomic E-state index is 0.0139. The van der Waals surface area contributed by atoms with Gasteiger partial charge in [0, 0.05) is 33.5 Å². The Morgan fingerprint density at radius 2 is 1.36 bits per heavy atom. The van der Waals surface area contributed by atoms with Gasteiger partial charge in [0.25, 0.3) is 0 Å². The normalized spacial score (nSPS) is 10.4. The van der Waals surface area contributed by atoms with Crippen LogP contribution in [0.4, 0.5) is 0 Å². The molecular weight excluding hydrogens is 360 g/mol. The molecule has 124 valence electrons. The topological polar surface area (TPSA) is 72.5 Å². The van der Waals surface area contributed by atoms with Crippen LogP contribution in [0.5, 0.6) is 17.2 Å². The van der Waals surface area contributed by atoms with Crippen LogP contribution in [0.25, 0.3) is 0 Å². The summed E-state index contributed by atoms with van der Waals surface area (Å²) in [5, 5.41) is 0.123. The van der Waals surface area contributed by atoms with E-state index in [1.807, 2.05) is 0 Å². The Morgan fingerprint density at radius 1 is 0.909 bits per heavy atom. The van der Waals surface area contributed by atoms with Gasteiger partial charge in [-0.15, -0.1) is 0 Å². The maximum atomic E-state index is 12.2. The fourth-order valence-electron chi connectivity index (χ4n) is 1.59. The minimum Gasteiger partial charge on any atom is -0.467 e. The maximum Gasteiger partial charge on any atom is 0.188 e. The van der Waals surface area contributed by atoms with Gasteiger partial charge in [-0.1, -0.05) is 15.9 Å². The van der Waals surface area contributed by atoms with Crippen LogP contribution in [0.3, 0.4) is 0 Å².